The van der Waals surface area contributed by atoms with E-state index < -0.39 is 5.41 Å². The summed E-state index contributed by atoms with van der Waals surface area (Å²) in [5, 5.41) is 9.42. The van der Waals surface area contributed by atoms with Crippen LogP contribution in [0.2, 0.25) is 0 Å². The molecular formula is C15H16N2O2. The number of ether oxygens (including phenoxy) is 1. The summed E-state index contributed by atoms with van der Waals surface area (Å²) in [6.07, 6.45) is 0. The van der Waals surface area contributed by atoms with E-state index in [1.807, 2.05) is 24.3 Å². The zero-order valence-corrected chi connectivity index (χ0v) is 11.5. The Kier molecular flexibility index (Phi) is 3.07. The van der Waals surface area contributed by atoms with Gasteiger partial charge in [0.25, 0.3) is 0 Å². The van der Waals surface area contributed by atoms with Gasteiger partial charge in [-0.25, -0.2) is 0 Å². The number of hydrogen-bond donors (Lipinski definition) is 0. The standard InChI is InChI=1S/C15H16N2O2/c1-15(2)11(9-16)13(19-4)10-7-5-6-8-12(10)17(3)14(15)18/h5-8H,1-4H3. The molecule has 0 fully saturated rings. The Labute approximate surface area is 112 Å². The van der Waals surface area contributed by atoms with Crippen LogP contribution in [0.1, 0.15) is 19.4 Å². The summed E-state index contributed by atoms with van der Waals surface area (Å²) in [6.45, 7) is 3.49. The number of hydrogen-bond acceptors (Lipinski definition) is 3. The maximum absolute atomic E-state index is 12.5. The smallest absolute Gasteiger partial charge is 0.237 e. The first-order valence-electron chi connectivity index (χ1n) is 6.01. The van der Waals surface area contributed by atoms with Crippen molar-refractivity contribution in [2.75, 3.05) is 19.1 Å². The molecule has 0 aliphatic carbocycles. The van der Waals surface area contributed by atoms with Gasteiger partial charge in [0.1, 0.15) is 5.76 Å². The normalized spacial score (nSPS) is 17.6. The first-order chi connectivity index (χ1) is 8.95. The Morgan fingerprint density at radius 1 is 1.32 bits per heavy atom. The molecule has 4 heteroatoms. The summed E-state index contributed by atoms with van der Waals surface area (Å²) in [5.74, 6) is 0.351. The lowest BCUT2D eigenvalue weighted by molar-refractivity contribution is -0.124. The molecule has 1 heterocycles. The lowest BCUT2D eigenvalue weighted by Gasteiger charge is -2.26. The van der Waals surface area contributed by atoms with E-state index in [9.17, 15) is 10.1 Å². The second-order valence-corrected chi connectivity index (χ2v) is 5.03. The Balaban J connectivity index is 2.86. The highest BCUT2D eigenvalue weighted by molar-refractivity contribution is 6.04. The second-order valence-electron chi connectivity index (χ2n) is 5.03. The number of nitriles is 1. The zero-order chi connectivity index (χ0) is 14.2. The van der Waals surface area contributed by atoms with E-state index in [2.05, 4.69) is 6.07 Å². The summed E-state index contributed by atoms with van der Waals surface area (Å²) >= 11 is 0. The zero-order valence-electron chi connectivity index (χ0n) is 11.5. The van der Waals surface area contributed by atoms with Gasteiger partial charge in [-0.05, 0) is 26.0 Å². The molecule has 0 saturated carbocycles. The van der Waals surface area contributed by atoms with Gasteiger partial charge in [0.2, 0.25) is 5.91 Å². The van der Waals surface area contributed by atoms with Gasteiger partial charge in [0, 0.05) is 12.6 Å². The fourth-order valence-corrected chi connectivity index (χ4v) is 2.41. The highest BCUT2D eigenvalue weighted by atomic mass is 16.5. The number of carbonyl (C=O) groups excluding carboxylic acids is 1. The summed E-state index contributed by atoms with van der Waals surface area (Å²) < 4.78 is 5.41. The average Bonchev–Trinajstić information content (AvgIpc) is 2.47. The maximum Gasteiger partial charge on any atom is 0.237 e. The molecule has 2 rings (SSSR count). The van der Waals surface area contributed by atoms with Gasteiger partial charge in [0.05, 0.1) is 29.9 Å². The summed E-state index contributed by atoms with van der Waals surface area (Å²) in [5.41, 5.74) is 0.968. The van der Waals surface area contributed by atoms with Gasteiger partial charge >= 0.3 is 0 Å². The van der Waals surface area contributed by atoms with Crippen molar-refractivity contribution in [3.05, 3.63) is 35.4 Å². The van der Waals surface area contributed by atoms with Crippen molar-refractivity contribution in [3.63, 3.8) is 0 Å². The quantitative estimate of drug-likeness (QED) is 0.776. The van der Waals surface area contributed by atoms with Gasteiger partial charge in [0.15, 0.2) is 0 Å². The number of carbonyl (C=O) groups is 1. The van der Waals surface area contributed by atoms with Crippen LogP contribution in [0.15, 0.2) is 29.8 Å². The highest BCUT2D eigenvalue weighted by Gasteiger charge is 2.41. The Morgan fingerprint density at radius 2 is 1.95 bits per heavy atom. The minimum atomic E-state index is -0.909. The molecule has 1 aromatic rings. The fourth-order valence-electron chi connectivity index (χ4n) is 2.41. The van der Waals surface area contributed by atoms with Crippen molar-refractivity contribution < 1.29 is 9.53 Å². The molecule has 0 radical (unpaired) electrons. The van der Waals surface area contributed by atoms with Crippen LogP contribution in [0.3, 0.4) is 0 Å². The Hall–Kier alpha value is -2.28. The van der Waals surface area contributed by atoms with E-state index in [4.69, 9.17) is 4.74 Å². The average molecular weight is 256 g/mol. The van der Waals surface area contributed by atoms with Gasteiger partial charge < -0.3 is 9.64 Å². The number of methoxy groups -OCH3 is 1. The number of anilines is 1. The van der Waals surface area contributed by atoms with Crippen LogP contribution in [-0.4, -0.2) is 20.1 Å². The molecule has 98 valence electrons. The lowest BCUT2D eigenvalue weighted by Crippen LogP contribution is -2.38. The molecule has 0 atom stereocenters. The summed E-state index contributed by atoms with van der Waals surface area (Å²) in [4.78, 5) is 14.1. The molecule has 1 aromatic carbocycles. The van der Waals surface area contributed by atoms with Crippen molar-refractivity contribution in [2.45, 2.75) is 13.8 Å². The van der Waals surface area contributed by atoms with Crippen LogP contribution in [-0.2, 0) is 9.53 Å². The first-order valence-corrected chi connectivity index (χ1v) is 6.01. The monoisotopic (exact) mass is 256 g/mol. The SMILES string of the molecule is COC1=C(C#N)C(C)(C)C(=O)N(C)c2ccccc21. The van der Waals surface area contributed by atoms with Crippen molar-refractivity contribution in [1.82, 2.24) is 0 Å². The fraction of sp³-hybridized carbons (Fsp3) is 0.333. The minimum absolute atomic E-state index is 0.122. The maximum atomic E-state index is 12.5. The molecule has 0 unspecified atom stereocenters. The van der Waals surface area contributed by atoms with E-state index in [0.717, 1.165) is 11.3 Å². The number of fused-ring (bicyclic) bond motifs is 1. The summed E-state index contributed by atoms with van der Waals surface area (Å²) in [6, 6.07) is 9.57. The number of nitrogens with zero attached hydrogens (tertiary/aromatic N) is 2. The highest BCUT2D eigenvalue weighted by Crippen LogP contribution is 2.41. The number of para-hydroxylation sites is 1. The number of benzene rings is 1. The van der Waals surface area contributed by atoms with Gasteiger partial charge in [-0.1, -0.05) is 12.1 Å². The van der Waals surface area contributed by atoms with Gasteiger partial charge in [-0.3, -0.25) is 4.79 Å². The Bertz CT molecular complexity index is 609. The van der Waals surface area contributed by atoms with E-state index >= 15 is 0 Å². The van der Waals surface area contributed by atoms with Crippen LogP contribution in [0.4, 0.5) is 5.69 Å². The Morgan fingerprint density at radius 3 is 2.53 bits per heavy atom. The molecule has 1 aliphatic heterocycles. The predicted octanol–water partition coefficient (Wildman–Crippen LogP) is 2.57. The molecule has 4 nitrogen and oxygen atoms in total. The van der Waals surface area contributed by atoms with E-state index in [0.29, 0.717) is 11.3 Å². The molecule has 1 aliphatic rings. The minimum Gasteiger partial charge on any atom is -0.495 e. The van der Waals surface area contributed by atoms with Crippen molar-refractivity contribution >= 4 is 17.4 Å². The molecule has 0 N–H and O–H groups in total. The van der Waals surface area contributed by atoms with Crippen LogP contribution >= 0.6 is 0 Å². The largest absolute Gasteiger partial charge is 0.495 e. The molecule has 0 spiro atoms. The van der Waals surface area contributed by atoms with Gasteiger partial charge in [-0.15, -0.1) is 0 Å². The van der Waals surface area contributed by atoms with Crippen LogP contribution in [0.5, 0.6) is 0 Å². The van der Waals surface area contributed by atoms with E-state index in [1.165, 1.54) is 7.11 Å². The van der Waals surface area contributed by atoms with E-state index in [-0.39, 0.29) is 5.91 Å². The lowest BCUT2D eigenvalue weighted by atomic mass is 9.82. The molecule has 0 aromatic heterocycles. The third kappa shape index (κ3) is 1.78. The van der Waals surface area contributed by atoms with E-state index in [1.54, 1.807) is 25.8 Å². The summed E-state index contributed by atoms with van der Waals surface area (Å²) in [7, 11) is 3.24. The molecule has 1 amide bonds. The van der Waals surface area contributed by atoms with Crippen molar-refractivity contribution in [2.24, 2.45) is 5.41 Å². The predicted molar refractivity (Wildman–Crippen MR) is 73.2 cm³/mol. The molecule has 19 heavy (non-hydrogen) atoms. The topological polar surface area (TPSA) is 53.3 Å². The molecular weight excluding hydrogens is 240 g/mol. The molecule has 0 bridgehead atoms. The number of amides is 1. The second kappa shape index (κ2) is 4.43. The van der Waals surface area contributed by atoms with Crippen molar-refractivity contribution in [3.8, 4) is 6.07 Å². The van der Waals surface area contributed by atoms with Crippen LogP contribution in [0, 0.1) is 16.7 Å². The van der Waals surface area contributed by atoms with Crippen LogP contribution < -0.4 is 4.90 Å². The molecule has 0 saturated heterocycles. The van der Waals surface area contributed by atoms with Gasteiger partial charge in [-0.2, -0.15) is 5.26 Å². The van der Waals surface area contributed by atoms with Crippen LogP contribution in [0.25, 0.3) is 5.76 Å². The van der Waals surface area contributed by atoms with Crippen molar-refractivity contribution in [1.29, 1.82) is 5.26 Å². The third-order valence-electron chi connectivity index (χ3n) is 3.52. The first kappa shape index (κ1) is 13.2. The third-order valence-corrected chi connectivity index (χ3v) is 3.52. The number of rotatable bonds is 1.